The predicted molar refractivity (Wildman–Crippen MR) is 61.5 cm³/mol. The van der Waals surface area contributed by atoms with Gasteiger partial charge in [-0.1, -0.05) is 30.3 Å². The number of aromatic amines is 1. The number of nitrogens with one attached hydrogen (secondary N) is 1. The first-order valence-corrected chi connectivity index (χ1v) is 5.26. The molecule has 0 saturated heterocycles. The van der Waals surface area contributed by atoms with E-state index in [-0.39, 0.29) is 6.42 Å². The van der Waals surface area contributed by atoms with Crippen molar-refractivity contribution in [3.63, 3.8) is 0 Å². The maximum absolute atomic E-state index is 11.5. The molecule has 17 heavy (non-hydrogen) atoms. The van der Waals surface area contributed by atoms with Crippen LogP contribution in [0.25, 0.3) is 0 Å². The maximum Gasteiger partial charge on any atom is 0.314 e. The lowest BCUT2D eigenvalue weighted by atomic mass is 9.79. The Balaban J connectivity index is 2.37. The molecule has 5 heteroatoms. The van der Waals surface area contributed by atoms with Crippen molar-refractivity contribution in [1.29, 1.82) is 0 Å². The van der Waals surface area contributed by atoms with Crippen LogP contribution in [-0.4, -0.2) is 26.3 Å². The van der Waals surface area contributed by atoms with E-state index in [0.29, 0.717) is 5.82 Å². The molecule has 2 N–H and O–H groups in total. The minimum Gasteiger partial charge on any atom is -0.481 e. The quantitative estimate of drug-likeness (QED) is 0.833. The zero-order chi connectivity index (χ0) is 12.3. The Labute approximate surface area is 98.5 Å². The van der Waals surface area contributed by atoms with Crippen LogP contribution in [0, 0.1) is 0 Å². The van der Waals surface area contributed by atoms with Crippen LogP contribution >= 0.6 is 0 Å². The number of hydrogen-bond acceptors (Lipinski definition) is 3. The largest absolute Gasteiger partial charge is 0.481 e. The topological polar surface area (TPSA) is 78.9 Å². The van der Waals surface area contributed by atoms with E-state index < -0.39 is 11.4 Å². The second-order valence-electron chi connectivity index (χ2n) is 4.11. The second-order valence-corrected chi connectivity index (χ2v) is 4.11. The Morgan fingerprint density at radius 1 is 1.41 bits per heavy atom. The van der Waals surface area contributed by atoms with Crippen LogP contribution in [0.1, 0.15) is 18.3 Å². The SMILES string of the molecule is CC(Cc1ncn[nH]1)(C(=O)O)c1ccccc1. The van der Waals surface area contributed by atoms with Gasteiger partial charge in [-0.15, -0.1) is 0 Å². The number of rotatable bonds is 4. The Bertz CT molecular complexity index is 496. The van der Waals surface area contributed by atoms with E-state index in [4.69, 9.17) is 0 Å². The fourth-order valence-corrected chi connectivity index (χ4v) is 1.76. The van der Waals surface area contributed by atoms with Crippen LogP contribution in [0.4, 0.5) is 0 Å². The normalized spacial score (nSPS) is 14.2. The monoisotopic (exact) mass is 231 g/mol. The van der Waals surface area contributed by atoms with Gasteiger partial charge in [0, 0.05) is 6.42 Å². The molecule has 1 heterocycles. The first kappa shape index (κ1) is 11.3. The van der Waals surface area contributed by atoms with Crippen molar-refractivity contribution >= 4 is 5.97 Å². The molecular weight excluding hydrogens is 218 g/mol. The van der Waals surface area contributed by atoms with Crippen LogP contribution in [0.3, 0.4) is 0 Å². The summed E-state index contributed by atoms with van der Waals surface area (Å²) in [6, 6.07) is 9.14. The zero-order valence-corrected chi connectivity index (χ0v) is 9.42. The number of carboxylic acids is 1. The third-order valence-corrected chi connectivity index (χ3v) is 2.87. The number of carboxylic acid groups (broad SMARTS) is 1. The van der Waals surface area contributed by atoms with Crippen LogP contribution in [-0.2, 0) is 16.6 Å². The highest BCUT2D eigenvalue weighted by Gasteiger charge is 2.36. The summed E-state index contributed by atoms with van der Waals surface area (Å²) >= 11 is 0. The predicted octanol–water partition coefficient (Wildman–Crippen LogP) is 1.39. The average molecular weight is 231 g/mol. The molecule has 0 fully saturated rings. The number of hydrogen-bond donors (Lipinski definition) is 2. The molecule has 0 saturated carbocycles. The minimum absolute atomic E-state index is 0.284. The van der Waals surface area contributed by atoms with Crippen molar-refractivity contribution in [2.75, 3.05) is 0 Å². The fraction of sp³-hybridized carbons (Fsp3) is 0.250. The Kier molecular flexibility index (Phi) is 2.91. The van der Waals surface area contributed by atoms with Gasteiger partial charge in [-0.25, -0.2) is 4.98 Å². The molecule has 1 atom stereocenters. The van der Waals surface area contributed by atoms with Crippen molar-refractivity contribution < 1.29 is 9.90 Å². The van der Waals surface area contributed by atoms with E-state index in [1.807, 2.05) is 30.3 Å². The van der Waals surface area contributed by atoms with Gasteiger partial charge in [0.15, 0.2) is 0 Å². The number of nitrogens with zero attached hydrogens (tertiary/aromatic N) is 2. The highest BCUT2D eigenvalue weighted by molar-refractivity contribution is 5.81. The van der Waals surface area contributed by atoms with Crippen LogP contribution in [0.5, 0.6) is 0 Å². The molecule has 1 aromatic carbocycles. The number of benzene rings is 1. The molecule has 0 spiro atoms. The van der Waals surface area contributed by atoms with E-state index in [0.717, 1.165) is 5.56 Å². The standard InChI is InChI=1S/C12H13N3O2/c1-12(11(16)17,7-10-13-8-14-15-10)9-5-3-2-4-6-9/h2-6,8H,7H2,1H3,(H,16,17)(H,13,14,15). The number of carbonyl (C=O) groups is 1. The number of aromatic nitrogens is 3. The summed E-state index contributed by atoms with van der Waals surface area (Å²) < 4.78 is 0. The number of H-pyrrole nitrogens is 1. The molecule has 0 bridgehead atoms. The molecule has 0 amide bonds. The summed E-state index contributed by atoms with van der Waals surface area (Å²) in [5, 5.41) is 15.8. The molecule has 5 nitrogen and oxygen atoms in total. The fourth-order valence-electron chi connectivity index (χ4n) is 1.76. The molecule has 0 aliphatic heterocycles. The van der Waals surface area contributed by atoms with E-state index >= 15 is 0 Å². The molecule has 0 radical (unpaired) electrons. The molecule has 0 aliphatic carbocycles. The van der Waals surface area contributed by atoms with Gasteiger partial charge in [0.05, 0.1) is 5.41 Å². The van der Waals surface area contributed by atoms with Crippen LogP contribution in [0.2, 0.25) is 0 Å². The van der Waals surface area contributed by atoms with Crippen molar-refractivity contribution in [2.24, 2.45) is 0 Å². The summed E-state index contributed by atoms with van der Waals surface area (Å²) in [5.74, 6) is -0.307. The van der Waals surface area contributed by atoms with Crippen LogP contribution in [0.15, 0.2) is 36.7 Å². The highest BCUT2D eigenvalue weighted by atomic mass is 16.4. The lowest BCUT2D eigenvalue weighted by Gasteiger charge is -2.24. The highest BCUT2D eigenvalue weighted by Crippen LogP contribution is 2.27. The molecule has 88 valence electrons. The summed E-state index contributed by atoms with van der Waals surface area (Å²) in [4.78, 5) is 15.5. The second kappa shape index (κ2) is 4.37. The smallest absolute Gasteiger partial charge is 0.314 e. The van der Waals surface area contributed by atoms with E-state index in [9.17, 15) is 9.90 Å². The Morgan fingerprint density at radius 3 is 2.65 bits per heavy atom. The average Bonchev–Trinajstić information content (AvgIpc) is 2.82. The van der Waals surface area contributed by atoms with Gasteiger partial charge >= 0.3 is 5.97 Å². The summed E-state index contributed by atoms with van der Waals surface area (Å²) in [6.07, 6.45) is 1.66. The van der Waals surface area contributed by atoms with Gasteiger partial charge in [0.2, 0.25) is 0 Å². The lowest BCUT2D eigenvalue weighted by Crippen LogP contribution is -2.35. The van der Waals surface area contributed by atoms with Crippen molar-refractivity contribution in [1.82, 2.24) is 15.2 Å². The van der Waals surface area contributed by atoms with Crippen LogP contribution < -0.4 is 0 Å². The van der Waals surface area contributed by atoms with Gasteiger partial charge in [0.1, 0.15) is 12.2 Å². The van der Waals surface area contributed by atoms with E-state index in [1.54, 1.807) is 6.92 Å². The summed E-state index contributed by atoms with van der Waals surface area (Å²) in [7, 11) is 0. The van der Waals surface area contributed by atoms with Gasteiger partial charge in [-0.05, 0) is 12.5 Å². The van der Waals surface area contributed by atoms with Crippen molar-refractivity contribution in [3.8, 4) is 0 Å². The van der Waals surface area contributed by atoms with Gasteiger partial charge < -0.3 is 5.11 Å². The Morgan fingerprint density at radius 2 is 2.12 bits per heavy atom. The van der Waals surface area contributed by atoms with Crippen molar-refractivity contribution in [3.05, 3.63) is 48.0 Å². The molecule has 0 aliphatic rings. The maximum atomic E-state index is 11.5. The summed E-state index contributed by atoms with van der Waals surface area (Å²) in [6.45, 7) is 1.69. The molecular formula is C12H13N3O2. The zero-order valence-electron chi connectivity index (χ0n) is 9.42. The minimum atomic E-state index is -0.999. The van der Waals surface area contributed by atoms with Gasteiger partial charge in [0.25, 0.3) is 0 Å². The van der Waals surface area contributed by atoms with Crippen molar-refractivity contribution in [2.45, 2.75) is 18.8 Å². The Hall–Kier alpha value is -2.17. The molecule has 2 aromatic rings. The van der Waals surface area contributed by atoms with E-state index in [2.05, 4.69) is 15.2 Å². The first-order chi connectivity index (χ1) is 8.13. The van der Waals surface area contributed by atoms with E-state index in [1.165, 1.54) is 6.33 Å². The first-order valence-electron chi connectivity index (χ1n) is 5.26. The third-order valence-electron chi connectivity index (χ3n) is 2.87. The van der Waals surface area contributed by atoms with Gasteiger partial charge in [-0.2, -0.15) is 5.10 Å². The molecule has 1 aromatic heterocycles. The lowest BCUT2D eigenvalue weighted by molar-refractivity contribution is -0.143. The third kappa shape index (κ3) is 2.18. The molecule has 1 unspecified atom stereocenters. The molecule has 2 rings (SSSR count). The number of aliphatic carboxylic acids is 1. The summed E-state index contributed by atoms with van der Waals surface area (Å²) in [5.41, 5.74) is -0.246. The van der Waals surface area contributed by atoms with Gasteiger partial charge in [-0.3, -0.25) is 9.89 Å².